The van der Waals surface area contributed by atoms with Gasteiger partial charge in [-0.1, -0.05) is 19.3 Å². The molecule has 1 aliphatic heterocycles. The van der Waals surface area contributed by atoms with Gasteiger partial charge in [-0.15, -0.1) is 11.3 Å². The van der Waals surface area contributed by atoms with Crippen LogP contribution >= 0.6 is 11.3 Å². The number of anilines is 1. The van der Waals surface area contributed by atoms with Crippen LogP contribution in [-0.2, 0) is 10.3 Å². The summed E-state index contributed by atoms with van der Waals surface area (Å²) in [5.41, 5.74) is 0.711. The number of nitrogens with zero attached hydrogens (tertiary/aromatic N) is 4. The minimum absolute atomic E-state index is 0.354. The van der Waals surface area contributed by atoms with E-state index in [4.69, 9.17) is 19.4 Å². The van der Waals surface area contributed by atoms with Crippen LogP contribution in [0.3, 0.4) is 0 Å². The number of benzene rings is 1. The van der Waals surface area contributed by atoms with E-state index < -0.39 is 11.2 Å². The first-order chi connectivity index (χ1) is 19.1. The molecular formula is C30H39N5O4S. The van der Waals surface area contributed by atoms with Gasteiger partial charge < -0.3 is 24.8 Å². The Hall–Kier alpha value is -3.24. The molecule has 40 heavy (non-hydrogen) atoms. The molecule has 0 spiro atoms. The summed E-state index contributed by atoms with van der Waals surface area (Å²) in [6.07, 6.45) is 8.16. The van der Waals surface area contributed by atoms with E-state index in [1.165, 1.54) is 30.6 Å². The summed E-state index contributed by atoms with van der Waals surface area (Å²) < 4.78 is 10.9. The summed E-state index contributed by atoms with van der Waals surface area (Å²) in [6.45, 7) is 6.34. The second-order valence-electron chi connectivity index (χ2n) is 11.7. The number of methoxy groups -OCH3 is 1. The molecule has 1 amide bonds. The van der Waals surface area contributed by atoms with Crippen molar-refractivity contribution in [3.8, 4) is 27.6 Å². The molecule has 2 N–H and O–H groups in total. The zero-order chi connectivity index (χ0) is 28.3. The molecule has 2 fully saturated rings. The van der Waals surface area contributed by atoms with Crippen molar-refractivity contribution in [2.75, 3.05) is 25.5 Å². The molecule has 0 radical (unpaired) electrons. The molecule has 10 heteroatoms. The van der Waals surface area contributed by atoms with E-state index in [9.17, 15) is 9.90 Å². The molecule has 214 valence electrons. The number of carbonyl (C=O) groups excluding carboxylic acids is 1. The van der Waals surface area contributed by atoms with Crippen molar-refractivity contribution >= 4 is 23.4 Å². The number of piperidine rings is 1. The first-order valence-corrected chi connectivity index (χ1v) is 14.9. The normalized spacial score (nSPS) is 17.9. The maximum Gasteiger partial charge on any atom is 0.410 e. The van der Waals surface area contributed by atoms with E-state index >= 15 is 0 Å². The summed E-state index contributed by atoms with van der Waals surface area (Å²) in [6, 6.07) is 10.0. The number of thiazole rings is 1. The van der Waals surface area contributed by atoms with Crippen molar-refractivity contribution in [3.05, 3.63) is 41.5 Å². The maximum absolute atomic E-state index is 12.6. The van der Waals surface area contributed by atoms with Crippen LogP contribution in [0.4, 0.5) is 10.7 Å². The topological polar surface area (TPSA) is 110 Å². The monoisotopic (exact) mass is 565 g/mol. The molecular weight excluding hydrogens is 526 g/mol. The average molecular weight is 566 g/mol. The van der Waals surface area contributed by atoms with Crippen LogP contribution in [0, 0.1) is 0 Å². The van der Waals surface area contributed by atoms with E-state index in [0.717, 1.165) is 40.4 Å². The maximum atomic E-state index is 12.6. The Morgan fingerprint density at radius 3 is 2.42 bits per heavy atom. The van der Waals surface area contributed by atoms with E-state index in [0.29, 0.717) is 42.9 Å². The zero-order valence-corrected chi connectivity index (χ0v) is 24.6. The van der Waals surface area contributed by atoms with Gasteiger partial charge in [0.2, 0.25) is 5.95 Å². The Balaban J connectivity index is 1.44. The third-order valence-electron chi connectivity index (χ3n) is 7.46. The molecule has 9 nitrogen and oxygen atoms in total. The van der Waals surface area contributed by atoms with Gasteiger partial charge in [0, 0.05) is 43.7 Å². The highest BCUT2D eigenvalue weighted by atomic mass is 32.1. The van der Waals surface area contributed by atoms with Gasteiger partial charge in [-0.2, -0.15) is 0 Å². The fraction of sp³-hybridized carbons (Fsp3) is 0.533. The molecule has 0 unspecified atom stereocenters. The van der Waals surface area contributed by atoms with Crippen molar-refractivity contribution in [1.82, 2.24) is 19.9 Å². The Morgan fingerprint density at radius 1 is 1.07 bits per heavy atom. The number of likely N-dealkylation sites (tertiary alicyclic amines) is 1. The molecule has 0 bridgehead atoms. The van der Waals surface area contributed by atoms with Gasteiger partial charge in [0.25, 0.3) is 0 Å². The lowest BCUT2D eigenvalue weighted by atomic mass is 9.92. The van der Waals surface area contributed by atoms with Crippen LogP contribution in [0.2, 0.25) is 0 Å². The summed E-state index contributed by atoms with van der Waals surface area (Å²) in [5, 5.41) is 15.9. The van der Waals surface area contributed by atoms with Gasteiger partial charge in [0.05, 0.1) is 23.4 Å². The highest BCUT2D eigenvalue weighted by Crippen LogP contribution is 2.43. The highest BCUT2D eigenvalue weighted by molar-refractivity contribution is 7.15. The lowest BCUT2D eigenvalue weighted by Crippen LogP contribution is -2.46. The number of rotatable bonds is 6. The van der Waals surface area contributed by atoms with Gasteiger partial charge in [-0.25, -0.2) is 19.7 Å². The highest BCUT2D eigenvalue weighted by Gasteiger charge is 2.40. The molecule has 2 aliphatic rings. The summed E-state index contributed by atoms with van der Waals surface area (Å²) >= 11 is 1.45. The molecule has 1 saturated heterocycles. The van der Waals surface area contributed by atoms with Crippen LogP contribution in [0.1, 0.15) is 70.7 Å². The summed E-state index contributed by atoms with van der Waals surface area (Å²) in [4.78, 5) is 29.5. The predicted molar refractivity (Wildman–Crippen MR) is 157 cm³/mol. The fourth-order valence-electron chi connectivity index (χ4n) is 5.22. The van der Waals surface area contributed by atoms with Gasteiger partial charge >= 0.3 is 6.09 Å². The molecule has 3 heterocycles. The van der Waals surface area contributed by atoms with Gasteiger partial charge in [0.1, 0.15) is 22.0 Å². The number of hydrogen-bond acceptors (Lipinski definition) is 9. The van der Waals surface area contributed by atoms with Crippen LogP contribution < -0.4 is 10.1 Å². The first-order valence-electron chi connectivity index (χ1n) is 14.1. The van der Waals surface area contributed by atoms with Crippen LogP contribution in [0.15, 0.2) is 36.5 Å². The van der Waals surface area contributed by atoms with E-state index in [-0.39, 0.29) is 6.09 Å². The Bertz CT molecular complexity index is 1310. The predicted octanol–water partition coefficient (Wildman–Crippen LogP) is 6.24. The van der Waals surface area contributed by atoms with Crippen molar-refractivity contribution in [1.29, 1.82) is 0 Å². The number of amides is 1. The van der Waals surface area contributed by atoms with Gasteiger partial charge in [-0.05, 0) is 63.9 Å². The number of nitrogens with one attached hydrogen (secondary N) is 1. The number of aromatic nitrogens is 3. The van der Waals surface area contributed by atoms with Gasteiger partial charge in [-0.3, -0.25) is 0 Å². The van der Waals surface area contributed by atoms with E-state index in [1.807, 2.05) is 51.1 Å². The average Bonchev–Trinajstić information content (AvgIpc) is 3.40. The van der Waals surface area contributed by atoms with Crippen LogP contribution in [0.25, 0.3) is 21.8 Å². The first kappa shape index (κ1) is 28.3. The molecule has 1 aliphatic carbocycles. The number of carbonyl (C=O) groups is 1. The van der Waals surface area contributed by atoms with Crippen molar-refractivity contribution in [3.63, 3.8) is 0 Å². The lowest BCUT2D eigenvalue weighted by molar-refractivity contribution is -0.0356. The minimum Gasteiger partial charge on any atom is -0.497 e. The Labute approximate surface area is 240 Å². The van der Waals surface area contributed by atoms with Gasteiger partial charge in [0.15, 0.2) is 0 Å². The second kappa shape index (κ2) is 11.7. The summed E-state index contributed by atoms with van der Waals surface area (Å²) in [5.74, 6) is 1.37. The largest absolute Gasteiger partial charge is 0.497 e. The number of hydrogen-bond donors (Lipinski definition) is 2. The quantitative estimate of drug-likeness (QED) is 0.362. The molecule has 0 atom stereocenters. The zero-order valence-electron chi connectivity index (χ0n) is 23.8. The second-order valence-corrected chi connectivity index (χ2v) is 12.7. The third-order valence-corrected chi connectivity index (χ3v) is 8.73. The SMILES string of the molecule is COc1ccc(-c2nc(C3(O)CCN(C(=O)OC(C)(C)C)CC3)sc2-c2ccnc(NC3CCCCC3)n2)cc1. The van der Waals surface area contributed by atoms with Crippen molar-refractivity contribution in [2.45, 2.75) is 83.0 Å². The third kappa shape index (κ3) is 6.55. The Kier molecular flexibility index (Phi) is 8.28. The minimum atomic E-state index is -1.15. The molecule has 1 aromatic carbocycles. The van der Waals surface area contributed by atoms with Crippen LogP contribution in [0.5, 0.6) is 5.75 Å². The molecule has 2 aromatic heterocycles. The van der Waals surface area contributed by atoms with E-state index in [2.05, 4.69) is 10.3 Å². The molecule has 5 rings (SSSR count). The van der Waals surface area contributed by atoms with Crippen molar-refractivity contribution < 1.29 is 19.4 Å². The van der Waals surface area contributed by atoms with E-state index in [1.54, 1.807) is 18.2 Å². The molecule has 1 saturated carbocycles. The Morgan fingerprint density at radius 2 is 1.77 bits per heavy atom. The lowest BCUT2D eigenvalue weighted by Gasteiger charge is -2.37. The van der Waals surface area contributed by atoms with Crippen LogP contribution in [-0.4, -0.2) is 62.9 Å². The smallest absolute Gasteiger partial charge is 0.410 e. The summed E-state index contributed by atoms with van der Waals surface area (Å²) in [7, 11) is 1.64. The fourth-order valence-corrected chi connectivity index (χ4v) is 6.42. The number of ether oxygens (including phenoxy) is 2. The standard InChI is InChI=1S/C30H39N5O4S/c1-29(2,3)39-28(36)35-18-15-30(37,16-19-35)26-34-24(20-10-12-22(38-4)13-11-20)25(40-26)23-14-17-31-27(33-23)32-21-8-6-5-7-9-21/h10-14,17,21,37H,5-9,15-16,18-19H2,1-4H3,(H,31,32,33). The molecule has 3 aromatic rings. The van der Waals surface area contributed by atoms with Crippen molar-refractivity contribution in [2.24, 2.45) is 0 Å². The number of aliphatic hydroxyl groups is 1.